The molecule has 0 radical (unpaired) electrons. The minimum Gasteiger partial charge on any atom is -0.508 e. The summed E-state index contributed by atoms with van der Waals surface area (Å²) < 4.78 is 15.6. The van der Waals surface area contributed by atoms with E-state index in [1.54, 1.807) is 0 Å². The van der Waals surface area contributed by atoms with E-state index in [1.165, 1.54) is 18.2 Å². The highest BCUT2D eigenvalue weighted by Gasteiger charge is 2.48. The lowest BCUT2D eigenvalue weighted by molar-refractivity contribution is -0.271. The van der Waals surface area contributed by atoms with Gasteiger partial charge in [-0.25, -0.2) is 4.79 Å². The van der Waals surface area contributed by atoms with Crippen LogP contribution in [-0.2, 0) is 25.5 Å². The summed E-state index contributed by atoms with van der Waals surface area (Å²) in [5.41, 5.74) is 0.588. The number of aromatic hydroxyl groups is 1. The molecule has 6 atom stereocenters. The highest BCUT2D eigenvalue weighted by molar-refractivity contribution is 5.73. The number of aliphatic hydroxyl groups excluding tert-OH is 3. The fourth-order valence-corrected chi connectivity index (χ4v) is 3.10. The van der Waals surface area contributed by atoms with Gasteiger partial charge in [0.1, 0.15) is 35.9 Å². The van der Waals surface area contributed by atoms with Gasteiger partial charge in [0.15, 0.2) is 6.10 Å². The van der Waals surface area contributed by atoms with Crippen molar-refractivity contribution in [3.63, 3.8) is 0 Å². The molecule has 148 valence electrons. The van der Waals surface area contributed by atoms with Crippen LogP contribution in [0.2, 0.25) is 0 Å². The summed E-state index contributed by atoms with van der Waals surface area (Å²) in [6.45, 7) is 0. The van der Waals surface area contributed by atoms with Crippen LogP contribution in [-0.4, -0.2) is 74.3 Å². The number of phenolic OH excluding ortho intramolecular Hbond substituents is 1. The standard InChI is InChI=1S/C17H20O10/c18-8-3-7(4-9-1-2-11(19)25-9)5-10(6-8)26-17-14(22)12(20)13(21)15(27-17)16(23)24/h3,5-6,9,12-15,17-18,20-22H,1-2,4H2,(H,23,24). The molecule has 10 heteroatoms. The first-order valence-electron chi connectivity index (χ1n) is 8.36. The van der Waals surface area contributed by atoms with E-state index in [1.807, 2.05) is 0 Å². The van der Waals surface area contributed by atoms with Gasteiger partial charge in [0.05, 0.1) is 0 Å². The number of hydrogen-bond donors (Lipinski definition) is 5. The molecule has 0 amide bonds. The zero-order valence-corrected chi connectivity index (χ0v) is 14.1. The summed E-state index contributed by atoms with van der Waals surface area (Å²) in [5.74, 6) is -1.93. The van der Waals surface area contributed by atoms with E-state index in [4.69, 9.17) is 19.3 Å². The van der Waals surface area contributed by atoms with Crippen molar-refractivity contribution in [1.29, 1.82) is 0 Å². The van der Waals surface area contributed by atoms with Crippen molar-refractivity contribution < 1.29 is 49.3 Å². The predicted octanol–water partition coefficient (Wildman–Crippen LogP) is -1.09. The number of esters is 1. The highest BCUT2D eigenvalue weighted by atomic mass is 16.7. The van der Waals surface area contributed by atoms with Gasteiger partial charge in [-0.15, -0.1) is 0 Å². The molecule has 0 bridgehead atoms. The fraction of sp³-hybridized carbons (Fsp3) is 0.529. The van der Waals surface area contributed by atoms with E-state index in [9.17, 15) is 30.0 Å². The maximum absolute atomic E-state index is 11.2. The number of carboxylic acid groups (broad SMARTS) is 1. The first-order chi connectivity index (χ1) is 12.7. The molecule has 10 nitrogen and oxygen atoms in total. The van der Waals surface area contributed by atoms with Crippen LogP contribution >= 0.6 is 0 Å². The Hall–Kier alpha value is -2.40. The van der Waals surface area contributed by atoms with Gasteiger partial charge in [0.2, 0.25) is 6.29 Å². The Morgan fingerprint density at radius 1 is 1.15 bits per heavy atom. The maximum atomic E-state index is 11.2. The second-order valence-electron chi connectivity index (χ2n) is 6.54. The largest absolute Gasteiger partial charge is 0.508 e. The van der Waals surface area contributed by atoms with Crippen molar-refractivity contribution in [3.8, 4) is 11.5 Å². The molecule has 2 aliphatic rings. The minimum absolute atomic E-state index is 0.0473. The van der Waals surface area contributed by atoms with Crippen LogP contribution in [0.1, 0.15) is 18.4 Å². The Morgan fingerprint density at radius 2 is 1.89 bits per heavy atom. The van der Waals surface area contributed by atoms with Crippen molar-refractivity contribution in [2.45, 2.75) is 56.1 Å². The zero-order valence-electron chi connectivity index (χ0n) is 14.1. The van der Waals surface area contributed by atoms with E-state index in [-0.39, 0.29) is 23.6 Å². The van der Waals surface area contributed by atoms with E-state index < -0.39 is 36.7 Å². The summed E-state index contributed by atoms with van der Waals surface area (Å²) in [6, 6.07) is 4.18. The van der Waals surface area contributed by atoms with E-state index in [0.29, 0.717) is 24.8 Å². The highest BCUT2D eigenvalue weighted by Crippen LogP contribution is 2.29. The summed E-state index contributed by atoms with van der Waals surface area (Å²) in [6.07, 6.45) is -7.80. The number of aliphatic carboxylic acids is 1. The van der Waals surface area contributed by atoms with Gasteiger partial charge in [0.25, 0.3) is 0 Å². The predicted molar refractivity (Wildman–Crippen MR) is 85.9 cm³/mol. The Kier molecular flexibility index (Phi) is 5.51. The first-order valence-corrected chi connectivity index (χ1v) is 8.36. The smallest absolute Gasteiger partial charge is 0.335 e. The summed E-state index contributed by atoms with van der Waals surface area (Å²) in [4.78, 5) is 22.3. The topological polar surface area (TPSA) is 163 Å². The van der Waals surface area contributed by atoms with Crippen LogP contribution in [0.15, 0.2) is 18.2 Å². The van der Waals surface area contributed by atoms with Crippen molar-refractivity contribution in [3.05, 3.63) is 23.8 Å². The first kappa shape index (κ1) is 19.4. The lowest BCUT2D eigenvalue weighted by Crippen LogP contribution is -2.61. The molecule has 2 aliphatic heterocycles. The van der Waals surface area contributed by atoms with Gasteiger partial charge in [-0.1, -0.05) is 0 Å². The van der Waals surface area contributed by atoms with Crippen LogP contribution in [0, 0.1) is 0 Å². The monoisotopic (exact) mass is 384 g/mol. The van der Waals surface area contributed by atoms with Crippen LogP contribution in [0.5, 0.6) is 11.5 Å². The summed E-state index contributed by atoms with van der Waals surface area (Å²) in [7, 11) is 0. The Balaban J connectivity index is 1.74. The van der Waals surface area contributed by atoms with Crippen LogP contribution in [0.25, 0.3) is 0 Å². The van der Waals surface area contributed by atoms with Crippen molar-refractivity contribution in [2.75, 3.05) is 0 Å². The molecule has 5 N–H and O–H groups in total. The molecular formula is C17H20O10. The summed E-state index contributed by atoms with van der Waals surface area (Å²) in [5, 5.41) is 48.4. The van der Waals surface area contributed by atoms with E-state index in [2.05, 4.69) is 0 Å². The lowest BCUT2D eigenvalue weighted by Gasteiger charge is -2.38. The number of phenols is 1. The molecule has 27 heavy (non-hydrogen) atoms. The van der Waals surface area contributed by atoms with Crippen molar-refractivity contribution >= 4 is 11.9 Å². The second kappa shape index (κ2) is 7.69. The molecule has 0 spiro atoms. The van der Waals surface area contributed by atoms with Crippen molar-refractivity contribution in [1.82, 2.24) is 0 Å². The molecule has 0 saturated carbocycles. The zero-order chi connectivity index (χ0) is 19.7. The molecule has 2 heterocycles. The fourth-order valence-electron chi connectivity index (χ4n) is 3.10. The normalized spacial score (nSPS) is 33.5. The van der Waals surface area contributed by atoms with Gasteiger partial charge < -0.3 is 39.7 Å². The Labute approximate surface area is 153 Å². The number of ether oxygens (including phenoxy) is 3. The molecule has 1 aromatic rings. The number of cyclic esters (lactones) is 1. The van der Waals surface area contributed by atoms with Gasteiger partial charge >= 0.3 is 11.9 Å². The third-order valence-electron chi connectivity index (χ3n) is 4.45. The van der Waals surface area contributed by atoms with Gasteiger partial charge in [-0.2, -0.15) is 0 Å². The number of carboxylic acids is 1. The number of rotatable bonds is 5. The average Bonchev–Trinajstić information content (AvgIpc) is 2.99. The maximum Gasteiger partial charge on any atom is 0.335 e. The number of benzene rings is 1. The number of hydrogen-bond acceptors (Lipinski definition) is 9. The molecule has 1 aromatic carbocycles. The van der Waals surface area contributed by atoms with Crippen LogP contribution < -0.4 is 4.74 Å². The lowest BCUT2D eigenvalue weighted by atomic mass is 9.99. The number of carbonyl (C=O) groups is 2. The van der Waals surface area contributed by atoms with Crippen LogP contribution in [0.3, 0.4) is 0 Å². The minimum atomic E-state index is -1.82. The molecule has 6 unspecified atom stereocenters. The second-order valence-corrected chi connectivity index (χ2v) is 6.54. The third-order valence-corrected chi connectivity index (χ3v) is 4.45. The summed E-state index contributed by atoms with van der Waals surface area (Å²) >= 11 is 0. The Bertz CT molecular complexity index is 720. The SMILES string of the molecule is O=C1CCC(Cc2cc(O)cc(OC3OC(C(=O)O)C(O)C(O)C3O)c2)O1. The van der Waals surface area contributed by atoms with Gasteiger partial charge in [0, 0.05) is 18.9 Å². The van der Waals surface area contributed by atoms with Gasteiger partial charge in [-0.3, -0.25) is 4.79 Å². The molecule has 0 aliphatic carbocycles. The number of carbonyl (C=O) groups excluding carboxylic acids is 1. The van der Waals surface area contributed by atoms with Crippen LogP contribution in [0.4, 0.5) is 0 Å². The quantitative estimate of drug-likeness (QED) is 0.394. The number of aliphatic hydroxyl groups is 3. The molecule has 2 saturated heterocycles. The van der Waals surface area contributed by atoms with Gasteiger partial charge in [-0.05, 0) is 24.1 Å². The van der Waals surface area contributed by atoms with E-state index >= 15 is 0 Å². The molecule has 0 aromatic heterocycles. The average molecular weight is 384 g/mol. The Morgan fingerprint density at radius 3 is 2.52 bits per heavy atom. The molecule has 3 rings (SSSR count). The third kappa shape index (κ3) is 4.30. The molecule has 2 fully saturated rings. The molecular weight excluding hydrogens is 364 g/mol. The van der Waals surface area contributed by atoms with Crippen molar-refractivity contribution in [2.24, 2.45) is 0 Å². The van der Waals surface area contributed by atoms with E-state index in [0.717, 1.165) is 0 Å².